The van der Waals surface area contributed by atoms with Crippen molar-refractivity contribution < 1.29 is 8.42 Å². The SMILES string of the molecule is CCc1cc(-c2ccnnc2)cc(S(=O)(=O)N[C@H]2CCC[C@@H](n3cnnc3)C2)c1. The van der Waals surface area contributed by atoms with E-state index in [9.17, 15) is 8.42 Å². The van der Waals surface area contributed by atoms with Crippen LogP contribution in [-0.4, -0.2) is 39.4 Å². The molecule has 0 saturated heterocycles. The van der Waals surface area contributed by atoms with Crippen LogP contribution in [0.15, 0.2) is 54.2 Å². The van der Waals surface area contributed by atoms with Crippen molar-refractivity contribution in [3.63, 3.8) is 0 Å². The standard InChI is InChI=1S/C20H24N6O2S/c1-2-15-8-17(16-6-7-21-22-12-16)10-20(9-15)29(27,28)25-18-4-3-5-19(11-18)26-13-23-24-14-26/h6-10,12-14,18-19,25H,2-5,11H2,1H3/t18-,19+/m0/s1. The van der Waals surface area contributed by atoms with E-state index < -0.39 is 10.0 Å². The van der Waals surface area contributed by atoms with Crippen molar-refractivity contribution in [2.45, 2.75) is 56.0 Å². The van der Waals surface area contributed by atoms with Gasteiger partial charge in [-0.05, 0) is 61.4 Å². The van der Waals surface area contributed by atoms with E-state index in [0.29, 0.717) is 0 Å². The third kappa shape index (κ3) is 4.51. The second-order valence-corrected chi connectivity index (χ2v) is 9.11. The van der Waals surface area contributed by atoms with Gasteiger partial charge < -0.3 is 4.57 Å². The summed E-state index contributed by atoms with van der Waals surface area (Å²) in [5.74, 6) is 0. The summed E-state index contributed by atoms with van der Waals surface area (Å²) in [6.45, 7) is 2.01. The van der Waals surface area contributed by atoms with Gasteiger partial charge in [-0.2, -0.15) is 10.2 Å². The minimum absolute atomic E-state index is 0.113. The molecule has 0 aliphatic heterocycles. The molecular weight excluding hydrogens is 388 g/mol. The van der Waals surface area contributed by atoms with E-state index in [-0.39, 0.29) is 17.0 Å². The normalized spacial score (nSPS) is 19.9. The Morgan fingerprint density at radius 3 is 2.62 bits per heavy atom. The first kappa shape index (κ1) is 19.7. The second-order valence-electron chi connectivity index (χ2n) is 7.40. The quantitative estimate of drug-likeness (QED) is 0.668. The van der Waals surface area contributed by atoms with E-state index in [1.165, 1.54) is 0 Å². The molecule has 1 aliphatic carbocycles. The minimum Gasteiger partial charge on any atom is -0.317 e. The zero-order valence-electron chi connectivity index (χ0n) is 16.3. The fourth-order valence-electron chi connectivity index (χ4n) is 3.87. The van der Waals surface area contributed by atoms with Crippen LogP contribution in [0.25, 0.3) is 11.1 Å². The molecule has 1 fully saturated rings. The van der Waals surface area contributed by atoms with Gasteiger partial charge in [0, 0.05) is 17.6 Å². The minimum atomic E-state index is -3.64. The summed E-state index contributed by atoms with van der Waals surface area (Å²) in [6.07, 6.45) is 10.9. The van der Waals surface area contributed by atoms with Crippen LogP contribution < -0.4 is 4.72 Å². The Balaban J connectivity index is 1.58. The molecule has 4 rings (SSSR count). The highest BCUT2D eigenvalue weighted by molar-refractivity contribution is 7.89. The number of sulfonamides is 1. The van der Waals surface area contributed by atoms with Crippen molar-refractivity contribution >= 4 is 10.0 Å². The smallest absolute Gasteiger partial charge is 0.240 e. The van der Waals surface area contributed by atoms with Gasteiger partial charge in [0.15, 0.2) is 0 Å². The van der Waals surface area contributed by atoms with Crippen molar-refractivity contribution in [3.8, 4) is 11.1 Å². The Hall–Kier alpha value is -2.65. The molecule has 2 heterocycles. The lowest BCUT2D eigenvalue weighted by Gasteiger charge is -2.30. The Kier molecular flexibility index (Phi) is 5.68. The zero-order chi connectivity index (χ0) is 20.3. The number of aryl methyl sites for hydroxylation is 1. The van der Waals surface area contributed by atoms with Crippen LogP contribution in [0, 0.1) is 0 Å². The summed E-state index contributed by atoms with van der Waals surface area (Å²) in [5.41, 5.74) is 2.63. The summed E-state index contributed by atoms with van der Waals surface area (Å²) < 4.78 is 31.2. The number of hydrogen-bond donors (Lipinski definition) is 1. The molecule has 3 aromatic rings. The summed E-state index contributed by atoms with van der Waals surface area (Å²) in [6, 6.07) is 7.39. The Morgan fingerprint density at radius 2 is 1.90 bits per heavy atom. The van der Waals surface area contributed by atoms with Gasteiger partial charge in [-0.25, -0.2) is 13.1 Å². The Bertz CT molecular complexity index is 1050. The highest BCUT2D eigenvalue weighted by Crippen LogP contribution is 2.30. The molecule has 0 unspecified atom stereocenters. The average Bonchev–Trinajstić information content (AvgIpc) is 3.29. The number of nitrogens with zero attached hydrogens (tertiary/aromatic N) is 5. The van der Waals surface area contributed by atoms with E-state index in [1.807, 2.05) is 23.6 Å². The average molecular weight is 413 g/mol. The summed E-state index contributed by atoms with van der Waals surface area (Å²) in [5, 5.41) is 15.4. The van der Waals surface area contributed by atoms with Crippen molar-refractivity contribution in [3.05, 3.63) is 54.9 Å². The molecule has 29 heavy (non-hydrogen) atoms. The van der Waals surface area contributed by atoms with E-state index in [4.69, 9.17) is 0 Å². The molecule has 0 radical (unpaired) electrons. The molecule has 1 saturated carbocycles. The second kappa shape index (κ2) is 8.38. The van der Waals surface area contributed by atoms with Gasteiger partial charge in [0.25, 0.3) is 0 Å². The molecule has 9 heteroatoms. The molecule has 0 spiro atoms. The maximum absolute atomic E-state index is 13.2. The van der Waals surface area contributed by atoms with Crippen LogP contribution in [-0.2, 0) is 16.4 Å². The van der Waals surface area contributed by atoms with Gasteiger partial charge in [-0.3, -0.25) is 0 Å². The summed E-state index contributed by atoms with van der Waals surface area (Å²) in [7, 11) is -3.64. The monoisotopic (exact) mass is 412 g/mol. The number of nitrogens with one attached hydrogen (secondary N) is 1. The van der Waals surface area contributed by atoms with Crippen LogP contribution in [0.1, 0.15) is 44.2 Å². The number of hydrogen-bond acceptors (Lipinski definition) is 6. The van der Waals surface area contributed by atoms with Crippen LogP contribution >= 0.6 is 0 Å². The van der Waals surface area contributed by atoms with Crippen LogP contribution in [0.4, 0.5) is 0 Å². The van der Waals surface area contributed by atoms with E-state index in [2.05, 4.69) is 25.1 Å². The molecule has 1 aromatic carbocycles. The highest BCUT2D eigenvalue weighted by Gasteiger charge is 2.27. The molecule has 2 atom stereocenters. The number of rotatable bonds is 6. The van der Waals surface area contributed by atoms with Gasteiger partial charge in [0.1, 0.15) is 12.7 Å². The summed E-state index contributed by atoms with van der Waals surface area (Å²) >= 11 is 0. The van der Waals surface area contributed by atoms with Crippen LogP contribution in [0.5, 0.6) is 0 Å². The fourth-order valence-corrected chi connectivity index (χ4v) is 5.25. The third-order valence-electron chi connectivity index (χ3n) is 5.43. The third-order valence-corrected chi connectivity index (χ3v) is 6.93. The molecular formula is C20H24N6O2S. The predicted molar refractivity (Wildman–Crippen MR) is 108 cm³/mol. The molecule has 0 amide bonds. The predicted octanol–water partition coefficient (Wildman–Crippen LogP) is 2.76. The van der Waals surface area contributed by atoms with Gasteiger partial charge in [-0.15, -0.1) is 10.2 Å². The van der Waals surface area contributed by atoms with Crippen molar-refractivity contribution in [2.75, 3.05) is 0 Å². The number of aromatic nitrogens is 5. The maximum atomic E-state index is 13.2. The molecule has 152 valence electrons. The topological polar surface area (TPSA) is 103 Å². The largest absolute Gasteiger partial charge is 0.317 e. The van der Waals surface area contributed by atoms with Crippen LogP contribution in [0.2, 0.25) is 0 Å². The van der Waals surface area contributed by atoms with Gasteiger partial charge >= 0.3 is 0 Å². The van der Waals surface area contributed by atoms with Crippen molar-refractivity contribution in [2.24, 2.45) is 0 Å². The van der Waals surface area contributed by atoms with Crippen LogP contribution in [0.3, 0.4) is 0 Å². The lowest BCUT2D eigenvalue weighted by molar-refractivity contribution is 0.305. The first-order valence-corrected chi connectivity index (χ1v) is 11.3. The van der Waals surface area contributed by atoms with E-state index in [1.54, 1.807) is 37.2 Å². The van der Waals surface area contributed by atoms with Crippen molar-refractivity contribution in [1.29, 1.82) is 0 Å². The Labute approximate surface area is 170 Å². The number of benzene rings is 1. The lowest BCUT2D eigenvalue weighted by atomic mass is 9.91. The Morgan fingerprint density at radius 1 is 1.07 bits per heavy atom. The van der Waals surface area contributed by atoms with Gasteiger partial charge in [0.05, 0.1) is 17.3 Å². The first-order chi connectivity index (χ1) is 14.0. The first-order valence-electron chi connectivity index (χ1n) is 9.82. The van der Waals surface area contributed by atoms with Gasteiger partial charge in [-0.1, -0.05) is 13.0 Å². The highest BCUT2D eigenvalue weighted by atomic mass is 32.2. The molecule has 8 nitrogen and oxygen atoms in total. The molecule has 1 aliphatic rings. The molecule has 0 bridgehead atoms. The fraction of sp³-hybridized carbons (Fsp3) is 0.400. The van der Waals surface area contributed by atoms with Crippen molar-refractivity contribution in [1.82, 2.24) is 29.7 Å². The lowest BCUT2D eigenvalue weighted by Crippen LogP contribution is -2.38. The zero-order valence-corrected chi connectivity index (χ0v) is 17.1. The molecule has 1 N–H and O–H groups in total. The molecule has 2 aromatic heterocycles. The van der Waals surface area contributed by atoms with Gasteiger partial charge in [0.2, 0.25) is 10.0 Å². The van der Waals surface area contributed by atoms with E-state index >= 15 is 0 Å². The van der Waals surface area contributed by atoms with E-state index in [0.717, 1.165) is 48.8 Å². The summed E-state index contributed by atoms with van der Waals surface area (Å²) in [4.78, 5) is 0.287. The maximum Gasteiger partial charge on any atom is 0.240 e.